The summed E-state index contributed by atoms with van der Waals surface area (Å²) in [5.74, 6) is 0. The third kappa shape index (κ3) is 3.12. The lowest BCUT2D eigenvalue weighted by Crippen LogP contribution is -2.14. The van der Waals surface area contributed by atoms with E-state index in [0.717, 1.165) is 0 Å². The van der Waals surface area contributed by atoms with Crippen molar-refractivity contribution in [2.75, 3.05) is 0 Å². The second kappa shape index (κ2) is 4.49. The van der Waals surface area contributed by atoms with Crippen LogP contribution in [0.2, 0.25) is 0 Å². The van der Waals surface area contributed by atoms with Crippen molar-refractivity contribution in [3.05, 3.63) is 33.3 Å². The van der Waals surface area contributed by atoms with Gasteiger partial charge < -0.3 is 5.73 Å². The maximum absolute atomic E-state index is 12.5. The normalized spacial score (nSPS) is 12.9. The van der Waals surface area contributed by atoms with Crippen LogP contribution in [0.5, 0.6) is 0 Å². The first-order valence-electron chi connectivity index (χ1n) is 4.24. The van der Waals surface area contributed by atoms with Gasteiger partial charge in [0.1, 0.15) is 0 Å². The maximum Gasteiger partial charge on any atom is 0.417 e. The van der Waals surface area contributed by atoms with Crippen LogP contribution < -0.4 is 5.73 Å². The topological polar surface area (TPSA) is 26.0 Å². The molecule has 0 fully saturated rings. The molecule has 0 aliphatic heterocycles. The van der Waals surface area contributed by atoms with Gasteiger partial charge in [0, 0.05) is 11.0 Å². The molecule has 1 rings (SSSR count). The molecule has 0 unspecified atom stereocenters. The molecule has 0 saturated carbocycles. The van der Waals surface area contributed by atoms with Crippen molar-refractivity contribution >= 4 is 15.9 Å². The largest absolute Gasteiger partial charge is 0.417 e. The summed E-state index contributed by atoms with van der Waals surface area (Å²) in [6.07, 6.45) is -9.71. The molecule has 96 valence electrons. The van der Waals surface area contributed by atoms with E-state index in [2.05, 4.69) is 15.9 Å². The lowest BCUT2D eigenvalue weighted by atomic mass is 10.0. The first-order chi connectivity index (χ1) is 7.57. The van der Waals surface area contributed by atoms with E-state index in [9.17, 15) is 26.3 Å². The van der Waals surface area contributed by atoms with Gasteiger partial charge >= 0.3 is 12.4 Å². The minimum absolute atomic E-state index is 0.0588. The molecule has 0 radical (unpaired) electrons. The molecule has 0 atom stereocenters. The van der Waals surface area contributed by atoms with Crippen LogP contribution in [0.15, 0.2) is 16.6 Å². The maximum atomic E-state index is 12.5. The molecule has 0 amide bonds. The fraction of sp³-hybridized carbons (Fsp3) is 0.333. The molecule has 1 nitrogen and oxygen atoms in total. The van der Waals surface area contributed by atoms with Crippen LogP contribution in [0, 0.1) is 0 Å². The molecule has 0 aliphatic rings. The predicted molar refractivity (Wildman–Crippen MR) is 52.0 cm³/mol. The monoisotopic (exact) mass is 321 g/mol. The Kier molecular flexibility index (Phi) is 3.78. The van der Waals surface area contributed by atoms with Crippen LogP contribution >= 0.6 is 15.9 Å². The van der Waals surface area contributed by atoms with Gasteiger partial charge in [-0.15, -0.1) is 0 Å². The van der Waals surface area contributed by atoms with E-state index in [4.69, 9.17) is 5.73 Å². The Hall–Kier alpha value is -0.760. The molecule has 0 spiro atoms. The highest BCUT2D eigenvalue weighted by molar-refractivity contribution is 9.10. The smallest absolute Gasteiger partial charge is 0.326 e. The Balaban J connectivity index is 3.50. The first kappa shape index (κ1) is 14.3. The summed E-state index contributed by atoms with van der Waals surface area (Å²) in [5.41, 5.74) is 2.12. The van der Waals surface area contributed by atoms with Gasteiger partial charge in [0.2, 0.25) is 0 Å². The molecule has 2 N–H and O–H groups in total. The standard InChI is InChI=1S/C9H6BrF6N/c10-7-4(3-17)1-5(8(11,12)13)2-6(7)9(14,15)16/h1-2H,3,17H2. The zero-order valence-electron chi connectivity index (χ0n) is 8.08. The Morgan fingerprint density at radius 1 is 1.00 bits per heavy atom. The molecule has 0 aliphatic carbocycles. The van der Waals surface area contributed by atoms with Crippen LogP contribution in [0.1, 0.15) is 16.7 Å². The van der Waals surface area contributed by atoms with Crippen LogP contribution in [-0.2, 0) is 18.9 Å². The molecule has 0 heterocycles. The van der Waals surface area contributed by atoms with Gasteiger partial charge in [-0.3, -0.25) is 0 Å². The number of alkyl halides is 6. The lowest BCUT2D eigenvalue weighted by molar-refractivity contribution is -0.143. The summed E-state index contributed by atoms with van der Waals surface area (Å²) in [5, 5.41) is 0. The average Bonchev–Trinajstić information content (AvgIpc) is 2.14. The van der Waals surface area contributed by atoms with Crippen molar-refractivity contribution in [1.29, 1.82) is 0 Å². The zero-order valence-corrected chi connectivity index (χ0v) is 9.67. The van der Waals surface area contributed by atoms with E-state index in [1.165, 1.54) is 0 Å². The van der Waals surface area contributed by atoms with Crippen LogP contribution in [0.3, 0.4) is 0 Å². The number of rotatable bonds is 1. The molecular formula is C9H6BrF6N. The molecule has 0 bridgehead atoms. The molecule has 1 aromatic rings. The number of hydrogen-bond donors (Lipinski definition) is 1. The number of benzene rings is 1. The molecule has 8 heteroatoms. The molecule has 0 saturated heterocycles. The average molecular weight is 322 g/mol. The van der Waals surface area contributed by atoms with E-state index in [1.54, 1.807) is 0 Å². The summed E-state index contributed by atoms with van der Waals surface area (Å²) in [7, 11) is 0. The molecule has 1 aromatic carbocycles. The van der Waals surface area contributed by atoms with Gasteiger partial charge in [-0.25, -0.2) is 0 Å². The summed E-state index contributed by atoms with van der Waals surface area (Å²) >= 11 is 2.61. The molecule has 0 aromatic heterocycles. The summed E-state index contributed by atoms with van der Waals surface area (Å²) in [6, 6.07) is 0.655. The van der Waals surface area contributed by atoms with E-state index < -0.39 is 34.5 Å². The highest BCUT2D eigenvalue weighted by Crippen LogP contribution is 2.40. The van der Waals surface area contributed by atoms with Gasteiger partial charge in [-0.1, -0.05) is 0 Å². The lowest BCUT2D eigenvalue weighted by Gasteiger charge is -2.16. The third-order valence-electron chi connectivity index (χ3n) is 2.00. The Morgan fingerprint density at radius 3 is 1.88 bits per heavy atom. The summed E-state index contributed by atoms with van der Waals surface area (Å²) in [4.78, 5) is 0. The summed E-state index contributed by atoms with van der Waals surface area (Å²) in [6.45, 7) is -0.423. The third-order valence-corrected chi connectivity index (χ3v) is 2.94. The minimum Gasteiger partial charge on any atom is -0.326 e. The van der Waals surface area contributed by atoms with Crippen LogP contribution in [-0.4, -0.2) is 0 Å². The fourth-order valence-electron chi connectivity index (χ4n) is 1.20. The van der Waals surface area contributed by atoms with Crippen molar-refractivity contribution in [2.45, 2.75) is 18.9 Å². The zero-order chi connectivity index (χ0) is 13.4. The Labute approximate surface area is 101 Å². The van der Waals surface area contributed by atoms with E-state index in [-0.39, 0.29) is 11.6 Å². The van der Waals surface area contributed by atoms with Crippen LogP contribution in [0.25, 0.3) is 0 Å². The van der Waals surface area contributed by atoms with Crippen molar-refractivity contribution in [1.82, 2.24) is 0 Å². The first-order valence-corrected chi connectivity index (χ1v) is 5.03. The van der Waals surface area contributed by atoms with Crippen molar-refractivity contribution < 1.29 is 26.3 Å². The van der Waals surface area contributed by atoms with Gasteiger partial charge in [-0.05, 0) is 33.6 Å². The summed E-state index contributed by atoms with van der Waals surface area (Å²) < 4.78 is 74.2. The second-order valence-electron chi connectivity index (χ2n) is 3.20. The molecular weight excluding hydrogens is 316 g/mol. The van der Waals surface area contributed by atoms with Crippen molar-refractivity contribution in [3.8, 4) is 0 Å². The van der Waals surface area contributed by atoms with E-state index in [1.807, 2.05) is 0 Å². The highest BCUT2D eigenvalue weighted by atomic mass is 79.9. The van der Waals surface area contributed by atoms with Crippen molar-refractivity contribution in [2.24, 2.45) is 5.73 Å². The fourth-order valence-corrected chi connectivity index (χ4v) is 1.82. The van der Waals surface area contributed by atoms with Gasteiger partial charge in [-0.2, -0.15) is 26.3 Å². The van der Waals surface area contributed by atoms with Crippen molar-refractivity contribution in [3.63, 3.8) is 0 Å². The van der Waals surface area contributed by atoms with Gasteiger partial charge in [0.15, 0.2) is 0 Å². The Bertz CT molecular complexity index is 423. The van der Waals surface area contributed by atoms with Gasteiger partial charge in [0.05, 0.1) is 11.1 Å². The second-order valence-corrected chi connectivity index (χ2v) is 3.99. The Morgan fingerprint density at radius 2 is 1.53 bits per heavy atom. The quantitative estimate of drug-likeness (QED) is 0.779. The number of nitrogens with two attached hydrogens (primary N) is 1. The molecule has 17 heavy (non-hydrogen) atoms. The van der Waals surface area contributed by atoms with E-state index in [0.29, 0.717) is 6.07 Å². The highest BCUT2D eigenvalue weighted by Gasteiger charge is 2.38. The minimum atomic E-state index is -4.87. The van der Waals surface area contributed by atoms with Crippen LogP contribution in [0.4, 0.5) is 26.3 Å². The van der Waals surface area contributed by atoms with Gasteiger partial charge in [0.25, 0.3) is 0 Å². The van der Waals surface area contributed by atoms with E-state index >= 15 is 0 Å². The number of halogens is 7. The SMILES string of the molecule is NCc1cc(C(F)(F)F)cc(C(F)(F)F)c1Br. The number of hydrogen-bond acceptors (Lipinski definition) is 1. The predicted octanol–water partition coefficient (Wildman–Crippen LogP) is 3.95.